The average Bonchev–Trinajstić information content (AvgIpc) is 2.72. The molecule has 0 aromatic carbocycles. The van der Waals surface area contributed by atoms with Gasteiger partial charge in [-0.1, -0.05) is 38.5 Å². The number of hydrogen-bond acceptors (Lipinski definition) is 12. The summed E-state index contributed by atoms with van der Waals surface area (Å²) in [6.07, 6.45) is 11.5. The summed E-state index contributed by atoms with van der Waals surface area (Å²) in [5.41, 5.74) is 0. The zero-order chi connectivity index (χ0) is 25.9. The van der Waals surface area contributed by atoms with Crippen LogP contribution in [0, 0.1) is 0 Å². The maximum Gasteiger partial charge on any atom is 0.631 e. The van der Waals surface area contributed by atoms with Gasteiger partial charge in [0.2, 0.25) is 0 Å². The minimum atomic E-state index is -2.17. The molecule has 0 saturated carbocycles. The molecule has 0 unspecified atom stereocenters. The maximum atomic E-state index is 8.30. The molecule has 0 radical (unpaired) electrons. The average molecular weight is 478 g/mol. The molecule has 32 heavy (non-hydrogen) atoms. The topological polar surface area (TPSA) is 243 Å². The van der Waals surface area contributed by atoms with Gasteiger partial charge in [0.1, 0.15) is 0 Å². The van der Waals surface area contributed by atoms with E-state index in [0.717, 1.165) is 77.0 Å². The quantitative estimate of drug-likeness (QED) is 0.0863. The molecule has 0 aliphatic carbocycles. The van der Waals surface area contributed by atoms with Gasteiger partial charge in [-0.2, -0.15) is 0 Å². The van der Waals surface area contributed by atoms with Crippen molar-refractivity contribution in [2.75, 3.05) is 39.6 Å². The van der Waals surface area contributed by atoms with Gasteiger partial charge in [-0.25, -0.2) is 0 Å². The molecule has 0 amide bonds. The van der Waals surface area contributed by atoms with Crippen molar-refractivity contribution in [3.8, 4) is 0 Å². The molecule has 198 valence electrons. The SMILES string of the molecule is OB(O)O.OB(O)O.OCCCCCCO.OCCCCCCO.OCCCCCCO. The summed E-state index contributed by atoms with van der Waals surface area (Å²) in [5.74, 6) is 0. The van der Waals surface area contributed by atoms with Crippen LogP contribution in [0.1, 0.15) is 77.0 Å². The number of rotatable bonds is 15. The highest BCUT2D eigenvalue weighted by Gasteiger charge is 1.93. The molecule has 0 heterocycles. The molecule has 0 atom stereocenters. The van der Waals surface area contributed by atoms with Gasteiger partial charge >= 0.3 is 14.6 Å². The highest BCUT2D eigenvalue weighted by Crippen LogP contribution is 1.97. The van der Waals surface area contributed by atoms with Crippen LogP contribution in [0.4, 0.5) is 0 Å². The first-order valence-corrected chi connectivity index (χ1v) is 10.9. The third-order valence-electron chi connectivity index (χ3n) is 3.20. The van der Waals surface area contributed by atoms with Crippen molar-refractivity contribution in [1.29, 1.82) is 0 Å². The molecule has 14 heteroatoms. The summed E-state index contributed by atoms with van der Waals surface area (Å²) >= 11 is 0. The van der Waals surface area contributed by atoms with E-state index in [-0.39, 0.29) is 39.6 Å². The van der Waals surface area contributed by atoms with E-state index in [9.17, 15) is 0 Å². The lowest BCUT2D eigenvalue weighted by Crippen LogP contribution is -2.07. The second-order valence-corrected chi connectivity index (χ2v) is 6.28. The Morgan fingerprint density at radius 3 is 0.406 bits per heavy atom. The van der Waals surface area contributed by atoms with Crippen molar-refractivity contribution in [2.24, 2.45) is 0 Å². The van der Waals surface area contributed by atoms with E-state index in [0.29, 0.717) is 0 Å². The summed E-state index contributed by atoms with van der Waals surface area (Å²) in [7, 11) is -4.33. The van der Waals surface area contributed by atoms with Gasteiger partial charge in [0.25, 0.3) is 0 Å². The van der Waals surface area contributed by atoms with E-state index in [4.69, 9.17) is 60.8 Å². The monoisotopic (exact) mass is 478 g/mol. The Labute approximate surface area is 192 Å². The molecule has 0 saturated heterocycles. The number of unbranched alkanes of at least 4 members (excludes halogenated alkanes) is 9. The number of aliphatic hydroxyl groups is 6. The van der Waals surface area contributed by atoms with E-state index in [2.05, 4.69) is 0 Å². The fourth-order valence-corrected chi connectivity index (χ4v) is 1.73. The lowest BCUT2D eigenvalue weighted by Gasteiger charge is -1.93. The van der Waals surface area contributed by atoms with Crippen molar-refractivity contribution in [3.63, 3.8) is 0 Å². The zero-order valence-electron chi connectivity index (χ0n) is 19.2. The van der Waals surface area contributed by atoms with Crippen LogP contribution in [0.5, 0.6) is 0 Å². The van der Waals surface area contributed by atoms with E-state index >= 15 is 0 Å². The summed E-state index contributed by atoms with van der Waals surface area (Å²) in [5, 5.41) is 92.8. The zero-order valence-corrected chi connectivity index (χ0v) is 19.2. The molecular formula is C18H48B2O12. The summed E-state index contributed by atoms with van der Waals surface area (Å²) in [6.45, 7) is 1.70. The van der Waals surface area contributed by atoms with Gasteiger partial charge in [0.15, 0.2) is 0 Å². The van der Waals surface area contributed by atoms with Crippen molar-refractivity contribution in [1.82, 2.24) is 0 Å². The van der Waals surface area contributed by atoms with Crippen molar-refractivity contribution in [3.05, 3.63) is 0 Å². The third-order valence-corrected chi connectivity index (χ3v) is 3.20. The van der Waals surface area contributed by atoms with Crippen LogP contribution in [0.3, 0.4) is 0 Å². The second kappa shape index (κ2) is 48.2. The standard InChI is InChI=1S/3C6H14O2.2BH3O3/c3*7-5-3-1-2-4-6-8;2*2-1(3)4/h3*7-8H,1-6H2;2*2-4H. The van der Waals surface area contributed by atoms with Crippen LogP contribution in [-0.4, -0.2) is 115 Å². The van der Waals surface area contributed by atoms with Crippen LogP contribution in [-0.2, 0) is 0 Å². The lowest BCUT2D eigenvalue weighted by atomic mass is 10.2. The van der Waals surface area contributed by atoms with Crippen LogP contribution >= 0.6 is 0 Å². The fraction of sp³-hybridized carbons (Fsp3) is 1.00. The van der Waals surface area contributed by atoms with Crippen molar-refractivity contribution < 1.29 is 60.8 Å². The van der Waals surface area contributed by atoms with Crippen molar-refractivity contribution >= 4 is 14.6 Å². The first kappa shape index (κ1) is 41.9. The molecule has 12 N–H and O–H groups in total. The third kappa shape index (κ3) is 113. The molecule has 0 aliphatic heterocycles. The highest BCUT2D eigenvalue weighted by atomic mass is 16.5. The minimum Gasteiger partial charge on any atom is -0.402 e. The molecule has 0 fully saturated rings. The Kier molecular flexibility index (Phi) is 63.0. The van der Waals surface area contributed by atoms with Crippen LogP contribution in [0.15, 0.2) is 0 Å². The first-order valence-electron chi connectivity index (χ1n) is 10.9. The highest BCUT2D eigenvalue weighted by molar-refractivity contribution is 6.30. The molecule has 0 aromatic rings. The Hall–Kier alpha value is -0.350. The predicted octanol–water partition coefficient (Wildman–Crippen LogP) is -2.51. The van der Waals surface area contributed by atoms with Crippen LogP contribution in [0.25, 0.3) is 0 Å². The first-order chi connectivity index (χ1) is 15.2. The van der Waals surface area contributed by atoms with Gasteiger partial charge in [-0.05, 0) is 38.5 Å². The fourth-order valence-electron chi connectivity index (χ4n) is 1.73. The molecule has 0 aliphatic rings. The van der Waals surface area contributed by atoms with Gasteiger partial charge in [0, 0.05) is 39.6 Å². The lowest BCUT2D eigenvalue weighted by molar-refractivity contribution is 0.265. The smallest absolute Gasteiger partial charge is 0.402 e. The molecule has 0 spiro atoms. The summed E-state index contributed by atoms with van der Waals surface area (Å²) < 4.78 is 0. The minimum absolute atomic E-state index is 0.283. The predicted molar refractivity (Wildman–Crippen MR) is 123 cm³/mol. The van der Waals surface area contributed by atoms with Gasteiger partial charge in [-0.3, -0.25) is 0 Å². The molecule has 0 aromatic heterocycles. The molecule has 12 nitrogen and oxygen atoms in total. The Bertz CT molecular complexity index is 198. The van der Waals surface area contributed by atoms with Gasteiger partial charge in [-0.15, -0.1) is 0 Å². The van der Waals surface area contributed by atoms with E-state index in [1.165, 1.54) is 0 Å². The Balaban J connectivity index is -0.0000000980. The Morgan fingerprint density at radius 2 is 0.344 bits per heavy atom. The van der Waals surface area contributed by atoms with Crippen LogP contribution < -0.4 is 0 Å². The second-order valence-electron chi connectivity index (χ2n) is 6.28. The summed E-state index contributed by atoms with van der Waals surface area (Å²) in [6, 6.07) is 0. The molecule has 0 bridgehead atoms. The van der Waals surface area contributed by atoms with E-state index < -0.39 is 14.6 Å². The van der Waals surface area contributed by atoms with Gasteiger partial charge in [0.05, 0.1) is 0 Å². The maximum absolute atomic E-state index is 8.30. The normalized spacial score (nSPS) is 9.00. The van der Waals surface area contributed by atoms with E-state index in [1.54, 1.807) is 0 Å². The number of hydrogen-bond donors (Lipinski definition) is 12. The molecular weight excluding hydrogens is 430 g/mol. The Morgan fingerprint density at radius 1 is 0.250 bits per heavy atom. The van der Waals surface area contributed by atoms with Crippen molar-refractivity contribution in [2.45, 2.75) is 77.0 Å². The van der Waals surface area contributed by atoms with Crippen LogP contribution in [0.2, 0.25) is 0 Å². The number of aliphatic hydroxyl groups excluding tert-OH is 6. The molecule has 0 rings (SSSR count). The largest absolute Gasteiger partial charge is 0.631 e. The summed E-state index contributed by atoms with van der Waals surface area (Å²) in [4.78, 5) is 0. The van der Waals surface area contributed by atoms with E-state index in [1.807, 2.05) is 0 Å². The van der Waals surface area contributed by atoms with Gasteiger partial charge < -0.3 is 60.8 Å².